The molecule has 3 saturated carbocycles. The molecule has 0 amide bonds. The highest BCUT2D eigenvalue weighted by Gasteiger charge is 2.43. The Morgan fingerprint density at radius 1 is 1.05 bits per heavy atom. The van der Waals surface area contributed by atoms with Crippen molar-refractivity contribution < 1.29 is 15.0 Å². The van der Waals surface area contributed by atoms with Crippen LogP contribution in [-0.2, 0) is 4.79 Å². The Balaban J connectivity index is 1.69. The van der Waals surface area contributed by atoms with Crippen molar-refractivity contribution in [1.82, 2.24) is 0 Å². The molecule has 0 radical (unpaired) electrons. The van der Waals surface area contributed by atoms with Gasteiger partial charge in [0, 0.05) is 6.08 Å². The number of aliphatic carboxylic acids is 1. The van der Waals surface area contributed by atoms with E-state index in [2.05, 4.69) is 0 Å². The smallest absolute Gasteiger partial charge is 0.328 e. The number of allylic oxidation sites excluding steroid dienone is 1. The molecule has 0 bridgehead atoms. The quantitative estimate of drug-likeness (QED) is 0.716. The second kappa shape index (κ2) is 5.28. The van der Waals surface area contributed by atoms with E-state index in [0.29, 0.717) is 5.92 Å². The first-order valence-electron chi connectivity index (χ1n) is 7.74. The van der Waals surface area contributed by atoms with Gasteiger partial charge in [-0.15, -0.1) is 0 Å². The molecule has 2 N–H and O–H groups in total. The molecule has 3 heteroatoms. The van der Waals surface area contributed by atoms with Gasteiger partial charge in [0.1, 0.15) is 0 Å². The third kappa shape index (κ3) is 2.71. The highest BCUT2D eigenvalue weighted by molar-refractivity contribution is 5.80. The normalized spacial score (nSPS) is 44.5. The lowest BCUT2D eigenvalue weighted by Crippen LogP contribution is -2.41. The summed E-state index contributed by atoms with van der Waals surface area (Å²) in [6.07, 6.45) is 10.2. The van der Waals surface area contributed by atoms with Gasteiger partial charge in [-0.05, 0) is 75.0 Å². The zero-order chi connectivity index (χ0) is 13.4. The molecule has 0 unspecified atom stereocenters. The van der Waals surface area contributed by atoms with Crippen LogP contribution in [0.2, 0.25) is 0 Å². The predicted octanol–water partition coefficient (Wildman–Crippen LogP) is 2.98. The lowest BCUT2D eigenvalue weighted by atomic mass is 9.57. The van der Waals surface area contributed by atoms with Gasteiger partial charge in [0.05, 0.1) is 6.10 Å². The molecule has 0 aromatic carbocycles. The van der Waals surface area contributed by atoms with Crippen molar-refractivity contribution >= 4 is 5.97 Å². The number of carboxylic acid groups (broad SMARTS) is 1. The van der Waals surface area contributed by atoms with Gasteiger partial charge < -0.3 is 10.2 Å². The number of carbonyl (C=O) groups is 1. The molecule has 5 atom stereocenters. The van der Waals surface area contributed by atoms with Gasteiger partial charge in [-0.3, -0.25) is 0 Å². The molecule has 0 aliphatic heterocycles. The first-order valence-corrected chi connectivity index (χ1v) is 7.74. The molecule has 3 rings (SSSR count). The average Bonchev–Trinajstić information content (AvgIpc) is 2.37. The van der Waals surface area contributed by atoms with Crippen molar-refractivity contribution in [2.45, 2.75) is 57.5 Å². The first-order chi connectivity index (χ1) is 9.13. The van der Waals surface area contributed by atoms with Crippen molar-refractivity contribution in [2.75, 3.05) is 0 Å². The number of carboxylic acids is 1. The highest BCUT2D eigenvalue weighted by atomic mass is 16.4. The van der Waals surface area contributed by atoms with Crippen LogP contribution in [0.4, 0.5) is 0 Å². The second-order valence-electron chi connectivity index (χ2n) is 6.78. The third-order valence-electron chi connectivity index (χ3n) is 5.73. The fourth-order valence-corrected chi connectivity index (χ4v) is 4.95. The topological polar surface area (TPSA) is 57.5 Å². The summed E-state index contributed by atoms with van der Waals surface area (Å²) in [7, 11) is 0. The van der Waals surface area contributed by atoms with Crippen molar-refractivity contribution in [3.63, 3.8) is 0 Å². The summed E-state index contributed by atoms with van der Waals surface area (Å²) in [6.45, 7) is 0. The van der Waals surface area contributed by atoms with Crippen LogP contribution in [0.1, 0.15) is 51.4 Å². The van der Waals surface area contributed by atoms with Crippen LogP contribution in [0, 0.1) is 23.7 Å². The van der Waals surface area contributed by atoms with Gasteiger partial charge in [-0.1, -0.05) is 5.57 Å². The number of fused-ring (bicyclic) bond motifs is 3. The summed E-state index contributed by atoms with van der Waals surface area (Å²) in [6, 6.07) is 0. The molecule has 0 aromatic heterocycles. The maximum absolute atomic E-state index is 10.8. The molecule has 3 fully saturated rings. The van der Waals surface area contributed by atoms with Crippen molar-refractivity contribution in [2.24, 2.45) is 23.7 Å². The minimum atomic E-state index is -0.789. The van der Waals surface area contributed by atoms with Crippen LogP contribution in [-0.4, -0.2) is 22.3 Å². The molecule has 0 aromatic rings. The van der Waals surface area contributed by atoms with Crippen LogP contribution in [0.5, 0.6) is 0 Å². The van der Waals surface area contributed by atoms with Gasteiger partial charge in [0.25, 0.3) is 0 Å². The fourth-order valence-electron chi connectivity index (χ4n) is 4.95. The van der Waals surface area contributed by atoms with E-state index in [1.165, 1.54) is 31.8 Å². The van der Waals surface area contributed by atoms with E-state index < -0.39 is 5.97 Å². The Morgan fingerprint density at radius 2 is 1.79 bits per heavy atom. The van der Waals surface area contributed by atoms with Crippen molar-refractivity contribution in [3.05, 3.63) is 11.6 Å². The molecule has 106 valence electrons. The van der Waals surface area contributed by atoms with Gasteiger partial charge in [-0.2, -0.15) is 0 Å². The summed E-state index contributed by atoms with van der Waals surface area (Å²) in [4.78, 5) is 10.8. The number of rotatable bonds is 1. The number of hydrogen-bond acceptors (Lipinski definition) is 2. The third-order valence-corrected chi connectivity index (χ3v) is 5.73. The van der Waals surface area contributed by atoms with Gasteiger partial charge in [0.15, 0.2) is 0 Å². The minimum Gasteiger partial charge on any atom is -0.478 e. The van der Waals surface area contributed by atoms with Crippen LogP contribution in [0.15, 0.2) is 11.6 Å². The van der Waals surface area contributed by atoms with Gasteiger partial charge in [0.2, 0.25) is 0 Å². The van der Waals surface area contributed by atoms with Crippen LogP contribution in [0.3, 0.4) is 0 Å². The summed E-state index contributed by atoms with van der Waals surface area (Å²) in [5.74, 6) is 2.24. The Hall–Kier alpha value is -0.830. The van der Waals surface area contributed by atoms with E-state index in [4.69, 9.17) is 5.11 Å². The molecule has 3 nitrogen and oxygen atoms in total. The maximum Gasteiger partial charge on any atom is 0.328 e. The monoisotopic (exact) mass is 264 g/mol. The summed E-state index contributed by atoms with van der Waals surface area (Å²) < 4.78 is 0. The number of aliphatic hydroxyl groups excluding tert-OH is 1. The highest BCUT2D eigenvalue weighted by Crippen LogP contribution is 2.52. The van der Waals surface area contributed by atoms with E-state index in [1.54, 1.807) is 0 Å². The van der Waals surface area contributed by atoms with Crippen molar-refractivity contribution in [1.29, 1.82) is 0 Å². The summed E-state index contributed by atoms with van der Waals surface area (Å²) in [5.41, 5.74) is 1.14. The molecule has 0 heterocycles. The van der Waals surface area contributed by atoms with E-state index in [-0.39, 0.29) is 6.10 Å². The Bertz CT molecular complexity index is 387. The summed E-state index contributed by atoms with van der Waals surface area (Å²) in [5, 5.41) is 18.7. The van der Waals surface area contributed by atoms with E-state index in [1.807, 2.05) is 0 Å². The molecular weight excluding hydrogens is 240 g/mol. The molecule has 3 aliphatic carbocycles. The minimum absolute atomic E-state index is 0.0659. The zero-order valence-corrected chi connectivity index (χ0v) is 11.4. The van der Waals surface area contributed by atoms with Crippen molar-refractivity contribution in [3.8, 4) is 0 Å². The maximum atomic E-state index is 10.8. The molecular formula is C16H24O3. The van der Waals surface area contributed by atoms with Crippen LogP contribution in [0.25, 0.3) is 0 Å². The van der Waals surface area contributed by atoms with Crippen LogP contribution < -0.4 is 0 Å². The van der Waals surface area contributed by atoms with E-state index in [0.717, 1.165) is 49.0 Å². The lowest BCUT2D eigenvalue weighted by Gasteiger charge is -2.49. The number of aliphatic hydroxyl groups is 1. The molecule has 0 spiro atoms. The Labute approximate surface area is 114 Å². The fraction of sp³-hybridized carbons (Fsp3) is 0.812. The van der Waals surface area contributed by atoms with E-state index >= 15 is 0 Å². The standard InChI is InChI=1S/C16H24O3/c17-13-4-6-15-12(9-13)3-2-11-7-10(8-16(18)19)1-5-14(11)15/h8,11-15,17H,1-7,9H2,(H,18,19)/b10-8-/t11-,12-,13+,14-,15-/m1/s1. The van der Waals surface area contributed by atoms with Crippen LogP contribution >= 0.6 is 0 Å². The number of hydrogen-bond donors (Lipinski definition) is 2. The molecule has 3 aliphatic rings. The Kier molecular flexibility index (Phi) is 3.66. The average molecular weight is 264 g/mol. The first kappa shape index (κ1) is 13.2. The summed E-state index contributed by atoms with van der Waals surface area (Å²) >= 11 is 0. The Morgan fingerprint density at radius 3 is 2.58 bits per heavy atom. The zero-order valence-electron chi connectivity index (χ0n) is 11.4. The molecule has 19 heavy (non-hydrogen) atoms. The van der Waals surface area contributed by atoms with Gasteiger partial charge >= 0.3 is 5.97 Å². The molecule has 0 saturated heterocycles. The van der Waals surface area contributed by atoms with E-state index in [9.17, 15) is 9.90 Å². The van der Waals surface area contributed by atoms with Gasteiger partial charge in [-0.25, -0.2) is 4.79 Å². The largest absolute Gasteiger partial charge is 0.478 e. The lowest BCUT2D eigenvalue weighted by molar-refractivity contribution is -0.131. The predicted molar refractivity (Wildman–Crippen MR) is 72.6 cm³/mol. The second-order valence-corrected chi connectivity index (χ2v) is 6.78. The SMILES string of the molecule is O=C(O)/C=C1/CC[C@@H]2[C@H](CC[C@@H]3C[C@@H](O)CC[C@H]32)C1.